The number of carboxylic acids is 1. The molecule has 106 valence electrons. The van der Waals surface area contributed by atoms with Crippen molar-refractivity contribution in [2.45, 2.75) is 51.6 Å². The molecule has 1 aliphatic rings. The van der Waals surface area contributed by atoms with Gasteiger partial charge in [0.15, 0.2) is 0 Å². The van der Waals surface area contributed by atoms with Gasteiger partial charge in [0.05, 0.1) is 12.2 Å². The summed E-state index contributed by atoms with van der Waals surface area (Å²) in [6, 6.07) is 0.499. The Morgan fingerprint density at radius 2 is 2.21 bits per heavy atom. The standard InChI is InChI=1S/C14H23N3O2/c1-10-13(8-16(3)15-10)11(2)17(9-14(18)19)12-6-4-5-7-12/h8,11-12H,4-7,9H2,1-3H3,(H,18,19). The van der Waals surface area contributed by atoms with Crippen LogP contribution in [0.25, 0.3) is 0 Å². The third-order valence-electron chi connectivity index (χ3n) is 4.11. The van der Waals surface area contributed by atoms with Crippen LogP contribution in [-0.2, 0) is 11.8 Å². The molecule has 0 aromatic carbocycles. The first kappa shape index (κ1) is 14.1. The third-order valence-corrected chi connectivity index (χ3v) is 4.11. The lowest BCUT2D eigenvalue weighted by atomic mass is 10.0. The fraction of sp³-hybridized carbons (Fsp3) is 0.714. The number of hydrogen-bond donors (Lipinski definition) is 1. The van der Waals surface area contributed by atoms with Crippen molar-refractivity contribution >= 4 is 5.97 Å². The van der Waals surface area contributed by atoms with Gasteiger partial charge in [0.25, 0.3) is 0 Å². The quantitative estimate of drug-likeness (QED) is 0.886. The van der Waals surface area contributed by atoms with E-state index < -0.39 is 5.97 Å². The summed E-state index contributed by atoms with van der Waals surface area (Å²) in [5, 5.41) is 13.5. The van der Waals surface area contributed by atoms with Crippen molar-refractivity contribution in [1.29, 1.82) is 0 Å². The van der Waals surface area contributed by atoms with Gasteiger partial charge >= 0.3 is 5.97 Å². The highest BCUT2D eigenvalue weighted by molar-refractivity contribution is 5.69. The maximum absolute atomic E-state index is 11.1. The molecule has 1 fully saturated rings. The zero-order valence-electron chi connectivity index (χ0n) is 12.0. The zero-order valence-corrected chi connectivity index (χ0v) is 12.0. The van der Waals surface area contributed by atoms with Gasteiger partial charge in [-0.3, -0.25) is 14.4 Å². The SMILES string of the molecule is Cc1nn(C)cc1C(C)N(CC(=O)O)C1CCCC1. The molecule has 0 saturated heterocycles. The lowest BCUT2D eigenvalue weighted by Crippen LogP contribution is -2.39. The van der Waals surface area contributed by atoms with Crippen molar-refractivity contribution in [3.8, 4) is 0 Å². The Balaban J connectivity index is 2.21. The summed E-state index contributed by atoms with van der Waals surface area (Å²) in [6.07, 6.45) is 6.64. The van der Waals surface area contributed by atoms with E-state index in [2.05, 4.69) is 16.9 Å². The largest absolute Gasteiger partial charge is 0.480 e. The molecular weight excluding hydrogens is 242 g/mol. The van der Waals surface area contributed by atoms with E-state index in [1.165, 1.54) is 12.8 Å². The number of aliphatic carboxylic acids is 1. The highest BCUT2D eigenvalue weighted by Crippen LogP contribution is 2.31. The van der Waals surface area contributed by atoms with Gasteiger partial charge in [-0.2, -0.15) is 5.10 Å². The summed E-state index contributed by atoms with van der Waals surface area (Å²) in [4.78, 5) is 13.3. The van der Waals surface area contributed by atoms with E-state index in [9.17, 15) is 4.79 Å². The van der Waals surface area contributed by atoms with Crippen LogP contribution in [0.15, 0.2) is 6.20 Å². The molecular formula is C14H23N3O2. The first-order chi connectivity index (χ1) is 8.99. The second-order valence-corrected chi connectivity index (χ2v) is 5.52. The molecule has 5 heteroatoms. The molecule has 1 saturated carbocycles. The molecule has 1 heterocycles. The highest BCUT2D eigenvalue weighted by Gasteiger charge is 2.30. The van der Waals surface area contributed by atoms with Gasteiger partial charge < -0.3 is 5.11 Å². The summed E-state index contributed by atoms with van der Waals surface area (Å²) in [6.45, 7) is 4.19. The minimum absolute atomic E-state index is 0.105. The molecule has 0 radical (unpaired) electrons. The summed E-state index contributed by atoms with van der Waals surface area (Å²) < 4.78 is 1.80. The number of aryl methyl sites for hydroxylation is 2. The summed E-state index contributed by atoms with van der Waals surface area (Å²) in [5.41, 5.74) is 2.12. The molecule has 2 rings (SSSR count). The summed E-state index contributed by atoms with van der Waals surface area (Å²) >= 11 is 0. The first-order valence-corrected chi connectivity index (χ1v) is 6.96. The number of nitrogens with zero attached hydrogens (tertiary/aromatic N) is 3. The Hall–Kier alpha value is -1.36. The van der Waals surface area contributed by atoms with Gasteiger partial charge in [-0.15, -0.1) is 0 Å². The Bertz CT molecular complexity index is 450. The smallest absolute Gasteiger partial charge is 0.317 e. The molecule has 5 nitrogen and oxygen atoms in total. The molecule has 1 aromatic rings. The molecule has 1 N–H and O–H groups in total. The van der Waals surface area contributed by atoms with Crippen molar-refractivity contribution in [3.63, 3.8) is 0 Å². The van der Waals surface area contributed by atoms with Gasteiger partial charge in [0.1, 0.15) is 0 Å². The number of carboxylic acid groups (broad SMARTS) is 1. The van der Waals surface area contributed by atoms with Crippen molar-refractivity contribution < 1.29 is 9.90 Å². The van der Waals surface area contributed by atoms with Crippen LogP contribution >= 0.6 is 0 Å². The maximum atomic E-state index is 11.1. The van der Waals surface area contributed by atoms with Crippen LogP contribution in [0.4, 0.5) is 0 Å². The van der Waals surface area contributed by atoms with Crippen LogP contribution in [0.5, 0.6) is 0 Å². The van der Waals surface area contributed by atoms with E-state index in [0.717, 1.165) is 24.1 Å². The van der Waals surface area contributed by atoms with Crippen molar-refractivity contribution in [2.75, 3.05) is 6.54 Å². The van der Waals surface area contributed by atoms with Crippen molar-refractivity contribution in [1.82, 2.24) is 14.7 Å². The van der Waals surface area contributed by atoms with Gasteiger partial charge in [-0.05, 0) is 26.7 Å². The molecule has 0 spiro atoms. The monoisotopic (exact) mass is 265 g/mol. The average molecular weight is 265 g/mol. The van der Waals surface area contributed by atoms with E-state index >= 15 is 0 Å². The molecule has 1 aliphatic carbocycles. The van der Waals surface area contributed by atoms with Crippen molar-refractivity contribution in [3.05, 3.63) is 17.5 Å². The second-order valence-electron chi connectivity index (χ2n) is 5.52. The van der Waals surface area contributed by atoms with E-state index in [1.54, 1.807) is 4.68 Å². The first-order valence-electron chi connectivity index (χ1n) is 6.96. The molecule has 0 bridgehead atoms. The third kappa shape index (κ3) is 3.15. The Kier molecular flexibility index (Phi) is 4.24. The summed E-state index contributed by atoms with van der Waals surface area (Å²) in [5.74, 6) is -0.750. The number of carbonyl (C=O) groups is 1. The Morgan fingerprint density at radius 1 is 1.58 bits per heavy atom. The van der Waals surface area contributed by atoms with Crippen LogP contribution in [0.2, 0.25) is 0 Å². The predicted molar refractivity (Wildman–Crippen MR) is 73.0 cm³/mol. The van der Waals surface area contributed by atoms with Gasteiger partial charge in [0.2, 0.25) is 0 Å². The molecule has 1 unspecified atom stereocenters. The van der Waals surface area contributed by atoms with E-state index in [1.807, 2.05) is 20.2 Å². The van der Waals surface area contributed by atoms with E-state index in [-0.39, 0.29) is 12.6 Å². The fourth-order valence-electron chi connectivity index (χ4n) is 3.18. The van der Waals surface area contributed by atoms with E-state index in [4.69, 9.17) is 5.11 Å². The van der Waals surface area contributed by atoms with Crippen LogP contribution in [0.3, 0.4) is 0 Å². The van der Waals surface area contributed by atoms with E-state index in [0.29, 0.717) is 6.04 Å². The lowest BCUT2D eigenvalue weighted by molar-refractivity contribution is -0.139. The molecule has 1 atom stereocenters. The number of rotatable bonds is 5. The van der Waals surface area contributed by atoms with Crippen molar-refractivity contribution in [2.24, 2.45) is 7.05 Å². The Morgan fingerprint density at radius 3 is 2.68 bits per heavy atom. The van der Waals surface area contributed by atoms with Crippen LogP contribution in [0.1, 0.15) is 49.9 Å². The minimum Gasteiger partial charge on any atom is -0.480 e. The van der Waals surface area contributed by atoms with Gasteiger partial charge in [-0.1, -0.05) is 12.8 Å². The number of hydrogen-bond acceptors (Lipinski definition) is 3. The number of aromatic nitrogens is 2. The molecule has 1 aromatic heterocycles. The zero-order chi connectivity index (χ0) is 14.0. The fourth-order valence-corrected chi connectivity index (χ4v) is 3.18. The van der Waals surface area contributed by atoms with Gasteiger partial charge in [0, 0.05) is 30.9 Å². The normalized spacial score (nSPS) is 18.1. The Labute approximate surface area is 114 Å². The average Bonchev–Trinajstić information content (AvgIpc) is 2.94. The van der Waals surface area contributed by atoms with Crippen LogP contribution in [-0.4, -0.2) is 38.3 Å². The highest BCUT2D eigenvalue weighted by atomic mass is 16.4. The second kappa shape index (κ2) is 5.74. The molecule has 19 heavy (non-hydrogen) atoms. The molecule has 0 aliphatic heterocycles. The summed E-state index contributed by atoms with van der Waals surface area (Å²) in [7, 11) is 1.90. The lowest BCUT2D eigenvalue weighted by Gasteiger charge is -2.33. The van der Waals surface area contributed by atoms with Gasteiger partial charge in [-0.25, -0.2) is 0 Å². The topological polar surface area (TPSA) is 58.4 Å². The van der Waals surface area contributed by atoms with Crippen LogP contribution in [0, 0.1) is 6.92 Å². The minimum atomic E-state index is -0.750. The predicted octanol–water partition coefficient (Wildman–Crippen LogP) is 2.12. The van der Waals surface area contributed by atoms with Crippen LogP contribution < -0.4 is 0 Å². The molecule has 0 amide bonds. The maximum Gasteiger partial charge on any atom is 0.317 e.